The standard InChI is InChI=1S/C28H32FN9O2/c1-18-27(33-34-38(18)22-6-8-36(9-7-22)23-15-39-16-23)19-10-26(28-20(11-30)12-32-37(28)14-19)40-17-25(35(2)3)24-5-4-21(29)13-31-24/h4-5,10,12-14,22-23,25H,6-9,15-17H2,1-3H3. The second-order valence-electron chi connectivity index (χ2n) is 10.7. The predicted octanol–water partition coefficient (Wildman–Crippen LogP) is 3.02. The van der Waals surface area contributed by atoms with E-state index in [1.165, 1.54) is 18.5 Å². The van der Waals surface area contributed by atoms with Crippen LogP contribution in [-0.4, -0.2) is 92.4 Å². The predicted molar refractivity (Wildman–Crippen MR) is 144 cm³/mol. The second kappa shape index (κ2) is 10.9. The lowest BCUT2D eigenvalue weighted by molar-refractivity contribution is -0.0735. The summed E-state index contributed by atoms with van der Waals surface area (Å²) in [5.74, 6) is 0.113. The molecule has 6 rings (SSSR count). The third-order valence-corrected chi connectivity index (χ3v) is 7.99. The van der Waals surface area contributed by atoms with E-state index in [9.17, 15) is 9.65 Å². The van der Waals surface area contributed by atoms with E-state index < -0.39 is 5.82 Å². The van der Waals surface area contributed by atoms with Crippen LogP contribution in [0.5, 0.6) is 5.75 Å². The van der Waals surface area contributed by atoms with Crippen LogP contribution < -0.4 is 4.74 Å². The van der Waals surface area contributed by atoms with Crippen molar-refractivity contribution in [3.8, 4) is 23.1 Å². The Kier molecular flexibility index (Phi) is 7.18. The topological polar surface area (TPSA) is 110 Å². The molecule has 2 aliphatic rings. The Bertz CT molecular complexity index is 1530. The van der Waals surface area contributed by atoms with Crippen molar-refractivity contribution < 1.29 is 13.9 Å². The molecule has 6 heterocycles. The Morgan fingerprint density at radius 1 is 1.20 bits per heavy atom. The van der Waals surface area contributed by atoms with Gasteiger partial charge in [-0.2, -0.15) is 10.4 Å². The number of halogens is 1. The van der Waals surface area contributed by atoms with E-state index in [4.69, 9.17) is 9.47 Å². The summed E-state index contributed by atoms with van der Waals surface area (Å²) in [6, 6.07) is 7.74. The van der Waals surface area contributed by atoms with Gasteiger partial charge in [0, 0.05) is 24.8 Å². The van der Waals surface area contributed by atoms with E-state index in [-0.39, 0.29) is 18.7 Å². The van der Waals surface area contributed by atoms with Gasteiger partial charge in [-0.1, -0.05) is 5.21 Å². The van der Waals surface area contributed by atoms with Crippen LogP contribution in [0.15, 0.2) is 36.8 Å². The third kappa shape index (κ3) is 4.92. The molecule has 0 aliphatic carbocycles. The van der Waals surface area contributed by atoms with Gasteiger partial charge in [-0.25, -0.2) is 13.6 Å². The molecule has 0 N–H and O–H groups in total. The van der Waals surface area contributed by atoms with Crippen molar-refractivity contribution in [3.63, 3.8) is 0 Å². The van der Waals surface area contributed by atoms with Gasteiger partial charge >= 0.3 is 0 Å². The highest BCUT2D eigenvalue weighted by Crippen LogP contribution is 2.33. The Morgan fingerprint density at radius 2 is 2.00 bits per heavy atom. The lowest BCUT2D eigenvalue weighted by atomic mass is 10.0. The number of nitriles is 1. The van der Waals surface area contributed by atoms with Crippen LogP contribution in [0.3, 0.4) is 0 Å². The average Bonchev–Trinajstić information content (AvgIpc) is 3.52. The van der Waals surface area contributed by atoms with E-state index >= 15 is 0 Å². The van der Waals surface area contributed by atoms with Gasteiger partial charge in [0.15, 0.2) is 0 Å². The van der Waals surface area contributed by atoms with Crippen molar-refractivity contribution in [2.75, 3.05) is 47.0 Å². The number of nitrogens with zero attached hydrogens (tertiary/aromatic N) is 9. The van der Waals surface area contributed by atoms with Crippen LogP contribution in [0, 0.1) is 24.1 Å². The normalized spacial score (nSPS) is 17.7. The molecule has 4 aromatic rings. The number of aromatic nitrogens is 6. The van der Waals surface area contributed by atoms with Crippen LogP contribution in [0.1, 0.15) is 41.9 Å². The minimum atomic E-state index is -0.392. The van der Waals surface area contributed by atoms with Gasteiger partial charge < -0.3 is 9.47 Å². The first-order valence-electron chi connectivity index (χ1n) is 13.5. The summed E-state index contributed by atoms with van der Waals surface area (Å²) in [6.07, 6.45) is 6.62. The Labute approximate surface area is 231 Å². The molecule has 40 heavy (non-hydrogen) atoms. The highest BCUT2D eigenvalue weighted by molar-refractivity contribution is 5.74. The van der Waals surface area contributed by atoms with Crippen LogP contribution in [0.4, 0.5) is 4.39 Å². The first-order chi connectivity index (χ1) is 19.4. The van der Waals surface area contributed by atoms with E-state index in [1.807, 2.05) is 42.9 Å². The number of piperidine rings is 1. The molecular formula is C28H32FN9O2. The quantitative estimate of drug-likeness (QED) is 0.330. The number of likely N-dealkylation sites (tertiary alicyclic amines) is 1. The summed E-state index contributed by atoms with van der Waals surface area (Å²) in [5, 5.41) is 23.2. The van der Waals surface area contributed by atoms with Crippen molar-refractivity contribution in [1.29, 1.82) is 5.26 Å². The van der Waals surface area contributed by atoms with Gasteiger partial charge in [0.1, 0.15) is 41.0 Å². The van der Waals surface area contributed by atoms with Crippen molar-refractivity contribution in [1.82, 2.24) is 39.4 Å². The van der Waals surface area contributed by atoms with Crippen molar-refractivity contribution >= 4 is 5.52 Å². The number of rotatable bonds is 8. The largest absolute Gasteiger partial charge is 0.489 e. The molecule has 1 atom stereocenters. The first kappa shape index (κ1) is 26.3. The number of pyridine rings is 2. The maximum Gasteiger partial charge on any atom is 0.147 e. The van der Waals surface area contributed by atoms with Gasteiger partial charge in [0.05, 0.1) is 55.1 Å². The summed E-state index contributed by atoms with van der Waals surface area (Å²) < 4.78 is 28.9. The van der Waals surface area contributed by atoms with Crippen LogP contribution in [-0.2, 0) is 4.74 Å². The third-order valence-electron chi connectivity index (χ3n) is 7.99. The van der Waals surface area contributed by atoms with Gasteiger partial charge in [-0.05, 0) is 52.1 Å². The minimum Gasteiger partial charge on any atom is -0.489 e. The zero-order valence-electron chi connectivity index (χ0n) is 22.9. The molecule has 1 unspecified atom stereocenters. The lowest BCUT2D eigenvalue weighted by Gasteiger charge is -2.41. The summed E-state index contributed by atoms with van der Waals surface area (Å²) in [4.78, 5) is 8.72. The van der Waals surface area contributed by atoms with E-state index in [0.717, 1.165) is 56.1 Å². The average molecular weight is 546 g/mol. The van der Waals surface area contributed by atoms with Gasteiger partial charge in [0.25, 0.3) is 0 Å². The highest BCUT2D eigenvalue weighted by atomic mass is 19.1. The molecule has 0 spiro atoms. The zero-order chi connectivity index (χ0) is 27.8. The summed E-state index contributed by atoms with van der Waals surface area (Å²) in [5.41, 5.74) is 4.19. The first-order valence-corrected chi connectivity index (χ1v) is 13.5. The van der Waals surface area contributed by atoms with Crippen LogP contribution in [0.25, 0.3) is 16.8 Å². The molecule has 12 heteroatoms. The van der Waals surface area contributed by atoms with E-state index in [2.05, 4.69) is 31.4 Å². The van der Waals surface area contributed by atoms with Crippen molar-refractivity contribution in [2.45, 2.75) is 37.9 Å². The SMILES string of the molecule is Cc1c(-c2cc(OCC(c3ccc(F)cn3)N(C)C)c3c(C#N)cnn3c2)nnn1C1CCN(C2COC2)CC1. The maximum absolute atomic E-state index is 13.5. The molecule has 2 aliphatic heterocycles. The molecule has 0 bridgehead atoms. The number of likely N-dealkylation sites (N-methyl/N-ethyl adjacent to an activating group) is 1. The Hall–Kier alpha value is -3.92. The highest BCUT2D eigenvalue weighted by Gasteiger charge is 2.31. The molecule has 0 radical (unpaired) electrons. The fourth-order valence-electron chi connectivity index (χ4n) is 5.54. The molecule has 0 saturated carbocycles. The smallest absolute Gasteiger partial charge is 0.147 e. The van der Waals surface area contributed by atoms with E-state index in [1.54, 1.807) is 10.6 Å². The molecule has 0 amide bonds. The van der Waals surface area contributed by atoms with Gasteiger partial charge in [-0.3, -0.25) is 14.8 Å². The molecule has 2 saturated heterocycles. The van der Waals surface area contributed by atoms with Gasteiger partial charge in [0.2, 0.25) is 0 Å². The second-order valence-corrected chi connectivity index (χ2v) is 10.7. The summed E-state index contributed by atoms with van der Waals surface area (Å²) in [6.45, 7) is 5.99. The molecule has 4 aromatic heterocycles. The summed E-state index contributed by atoms with van der Waals surface area (Å²) in [7, 11) is 3.83. The fraction of sp³-hybridized carbons (Fsp3) is 0.464. The maximum atomic E-state index is 13.5. The van der Waals surface area contributed by atoms with Gasteiger partial charge in [-0.15, -0.1) is 5.10 Å². The molecule has 2 fully saturated rings. The Balaban J connectivity index is 1.28. The van der Waals surface area contributed by atoms with Crippen molar-refractivity contribution in [3.05, 3.63) is 59.6 Å². The molecular weight excluding hydrogens is 513 g/mol. The number of ether oxygens (including phenoxy) is 2. The Morgan fingerprint density at radius 3 is 2.65 bits per heavy atom. The minimum absolute atomic E-state index is 0.233. The number of hydrogen-bond acceptors (Lipinski definition) is 9. The van der Waals surface area contributed by atoms with Crippen LogP contribution in [0.2, 0.25) is 0 Å². The summed E-state index contributed by atoms with van der Waals surface area (Å²) >= 11 is 0. The van der Waals surface area contributed by atoms with Crippen molar-refractivity contribution in [2.24, 2.45) is 0 Å². The zero-order valence-corrected chi connectivity index (χ0v) is 22.9. The lowest BCUT2D eigenvalue weighted by Crippen LogP contribution is -2.52. The number of hydrogen-bond donors (Lipinski definition) is 0. The molecule has 11 nitrogen and oxygen atoms in total. The monoisotopic (exact) mass is 545 g/mol. The molecule has 0 aromatic carbocycles. The van der Waals surface area contributed by atoms with Crippen LogP contribution >= 0.6 is 0 Å². The molecule has 208 valence electrons. The van der Waals surface area contributed by atoms with E-state index in [0.29, 0.717) is 28.6 Å². The number of fused-ring (bicyclic) bond motifs is 1. The fourth-order valence-corrected chi connectivity index (χ4v) is 5.54.